The van der Waals surface area contributed by atoms with Gasteiger partial charge in [0.05, 0.1) is 20.3 Å². The molecule has 6 heteroatoms. The standard InChI is InChI=1S/C11H15N3O3/c1-16-8-3-4-9(11(7-8)17-2)10(15)5-6-13-14-12/h3-4,7,10,15H,5-6H2,1-2H3. The van der Waals surface area contributed by atoms with Gasteiger partial charge in [0.2, 0.25) is 0 Å². The molecule has 0 radical (unpaired) electrons. The first-order chi connectivity index (χ1) is 8.22. The lowest BCUT2D eigenvalue weighted by molar-refractivity contribution is 0.166. The lowest BCUT2D eigenvalue weighted by atomic mass is 10.1. The number of nitrogens with zero attached hydrogens (tertiary/aromatic N) is 3. The number of aliphatic hydroxyl groups excluding tert-OH is 1. The monoisotopic (exact) mass is 237 g/mol. The number of hydrogen-bond donors (Lipinski definition) is 1. The predicted molar refractivity (Wildman–Crippen MR) is 63.1 cm³/mol. The van der Waals surface area contributed by atoms with Crippen LogP contribution in [0.4, 0.5) is 0 Å². The zero-order valence-electron chi connectivity index (χ0n) is 9.83. The maximum Gasteiger partial charge on any atom is 0.128 e. The first-order valence-electron chi connectivity index (χ1n) is 5.13. The molecule has 0 amide bonds. The van der Waals surface area contributed by atoms with Crippen LogP contribution in [0.25, 0.3) is 10.4 Å². The van der Waals surface area contributed by atoms with Crippen molar-refractivity contribution in [2.75, 3.05) is 20.8 Å². The molecule has 0 bridgehead atoms. The highest BCUT2D eigenvalue weighted by Crippen LogP contribution is 2.30. The van der Waals surface area contributed by atoms with Crippen molar-refractivity contribution in [1.82, 2.24) is 0 Å². The Kier molecular flexibility index (Phi) is 5.13. The minimum atomic E-state index is -0.721. The number of rotatable bonds is 6. The first kappa shape index (κ1) is 13.2. The normalized spacial score (nSPS) is 11.5. The Morgan fingerprint density at radius 2 is 2.18 bits per heavy atom. The summed E-state index contributed by atoms with van der Waals surface area (Å²) in [5, 5.41) is 13.3. The largest absolute Gasteiger partial charge is 0.497 e. The number of azide groups is 1. The molecule has 0 spiro atoms. The summed E-state index contributed by atoms with van der Waals surface area (Å²) in [6.07, 6.45) is -0.367. The highest BCUT2D eigenvalue weighted by molar-refractivity contribution is 5.41. The second-order valence-electron chi connectivity index (χ2n) is 3.37. The molecule has 0 aliphatic carbocycles. The van der Waals surface area contributed by atoms with E-state index < -0.39 is 6.10 Å². The second-order valence-corrected chi connectivity index (χ2v) is 3.37. The fourth-order valence-corrected chi connectivity index (χ4v) is 1.47. The van der Waals surface area contributed by atoms with Crippen molar-refractivity contribution < 1.29 is 14.6 Å². The van der Waals surface area contributed by atoms with E-state index in [-0.39, 0.29) is 6.54 Å². The van der Waals surface area contributed by atoms with Crippen LogP contribution < -0.4 is 9.47 Å². The molecule has 0 heterocycles. The van der Waals surface area contributed by atoms with Crippen molar-refractivity contribution in [3.8, 4) is 11.5 Å². The topological polar surface area (TPSA) is 87.5 Å². The van der Waals surface area contributed by atoms with Crippen LogP contribution in [0.1, 0.15) is 18.1 Å². The molecule has 0 aliphatic rings. The van der Waals surface area contributed by atoms with E-state index in [1.165, 1.54) is 7.11 Å². The molecule has 0 aliphatic heterocycles. The summed E-state index contributed by atoms with van der Waals surface area (Å²) in [7, 11) is 3.09. The van der Waals surface area contributed by atoms with Gasteiger partial charge in [0.15, 0.2) is 0 Å². The van der Waals surface area contributed by atoms with Crippen LogP contribution in [-0.4, -0.2) is 25.9 Å². The summed E-state index contributed by atoms with van der Waals surface area (Å²) in [5.41, 5.74) is 8.81. The molecular formula is C11H15N3O3. The molecule has 1 aromatic carbocycles. The molecule has 0 saturated heterocycles. The highest BCUT2D eigenvalue weighted by Gasteiger charge is 2.13. The van der Waals surface area contributed by atoms with Gasteiger partial charge in [-0.3, -0.25) is 0 Å². The number of benzene rings is 1. The molecule has 1 aromatic rings. The van der Waals surface area contributed by atoms with Gasteiger partial charge in [0, 0.05) is 23.1 Å². The van der Waals surface area contributed by atoms with Crippen molar-refractivity contribution in [2.45, 2.75) is 12.5 Å². The van der Waals surface area contributed by atoms with Gasteiger partial charge in [-0.05, 0) is 24.1 Å². The van der Waals surface area contributed by atoms with E-state index in [1.54, 1.807) is 25.3 Å². The third kappa shape index (κ3) is 3.55. The van der Waals surface area contributed by atoms with Crippen LogP contribution in [0.15, 0.2) is 23.3 Å². The molecule has 0 fully saturated rings. The Morgan fingerprint density at radius 3 is 2.76 bits per heavy atom. The number of ether oxygens (including phenoxy) is 2. The van der Waals surface area contributed by atoms with Crippen molar-refractivity contribution in [2.24, 2.45) is 5.11 Å². The van der Waals surface area contributed by atoms with Crippen molar-refractivity contribution >= 4 is 0 Å². The lowest BCUT2D eigenvalue weighted by Crippen LogP contribution is -2.02. The maximum absolute atomic E-state index is 9.92. The van der Waals surface area contributed by atoms with E-state index in [0.717, 1.165) is 0 Å². The fourth-order valence-electron chi connectivity index (χ4n) is 1.47. The van der Waals surface area contributed by atoms with Crippen molar-refractivity contribution in [3.05, 3.63) is 34.2 Å². The summed E-state index contributed by atoms with van der Waals surface area (Å²) in [5.74, 6) is 1.21. The molecule has 1 rings (SSSR count). The van der Waals surface area contributed by atoms with Gasteiger partial charge < -0.3 is 14.6 Å². The van der Waals surface area contributed by atoms with E-state index >= 15 is 0 Å². The van der Waals surface area contributed by atoms with Crippen LogP contribution >= 0.6 is 0 Å². The SMILES string of the molecule is COc1ccc(C(O)CCN=[N+]=[N-])c(OC)c1. The summed E-state index contributed by atoms with van der Waals surface area (Å²) >= 11 is 0. The average molecular weight is 237 g/mol. The summed E-state index contributed by atoms with van der Waals surface area (Å²) in [6, 6.07) is 5.18. The molecular weight excluding hydrogens is 222 g/mol. The Hall–Kier alpha value is -1.91. The summed E-state index contributed by atoms with van der Waals surface area (Å²) in [6.45, 7) is 0.243. The lowest BCUT2D eigenvalue weighted by Gasteiger charge is -2.14. The third-order valence-corrected chi connectivity index (χ3v) is 2.37. The van der Waals surface area contributed by atoms with Crippen LogP contribution in [-0.2, 0) is 0 Å². The van der Waals surface area contributed by atoms with Crippen LogP contribution in [0.2, 0.25) is 0 Å². The fraction of sp³-hybridized carbons (Fsp3) is 0.455. The molecule has 0 aromatic heterocycles. The summed E-state index contributed by atoms with van der Waals surface area (Å²) < 4.78 is 10.2. The van der Waals surface area contributed by atoms with Crippen molar-refractivity contribution in [1.29, 1.82) is 0 Å². The minimum Gasteiger partial charge on any atom is -0.497 e. The van der Waals surface area contributed by atoms with E-state index in [4.69, 9.17) is 15.0 Å². The molecule has 17 heavy (non-hydrogen) atoms. The third-order valence-electron chi connectivity index (χ3n) is 2.37. The molecule has 0 saturated carbocycles. The van der Waals surface area contributed by atoms with E-state index in [0.29, 0.717) is 23.5 Å². The molecule has 1 atom stereocenters. The average Bonchev–Trinajstić information content (AvgIpc) is 2.38. The van der Waals surface area contributed by atoms with Gasteiger partial charge in [0.1, 0.15) is 11.5 Å². The maximum atomic E-state index is 9.92. The van der Waals surface area contributed by atoms with Gasteiger partial charge in [-0.15, -0.1) is 0 Å². The first-order valence-corrected chi connectivity index (χ1v) is 5.13. The number of aliphatic hydroxyl groups is 1. The summed E-state index contributed by atoms with van der Waals surface area (Å²) in [4.78, 5) is 2.63. The number of hydrogen-bond acceptors (Lipinski definition) is 4. The Morgan fingerprint density at radius 1 is 1.41 bits per heavy atom. The van der Waals surface area contributed by atoms with Gasteiger partial charge in [-0.2, -0.15) is 0 Å². The number of methoxy groups -OCH3 is 2. The van der Waals surface area contributed by atoms with Gasteiger partial charge in [-0.1, -0.05) is 5.11 Å². The zero-order chi connectivity index (χ0) is 12.7. The molecule has 1 unspecified atom stereocenters. The van der Waals surface area contributed by atoms with E-state index in [2.05, 4.69) is 10.0 Å². The minimum absolute atomic E-state index is 0.243. The molecule has 92 valence electrons. The second kappa shape index (κ2) is 6.62. The Labute approximate surface area is 99.4 Å². The van der Waals surface area contributed by atoms with Crippen molar-refractivity contribution in [3.63, 3.8) is 0 Å². The molecule has 6 nitrogen and oxygen atoms in total. The van der Waals surface area contributed by atoms with Crippen LogP contribution in [0, 0.1) is 0 Å². The Bertz CT molecular complexity index is 416. The van der Waals surface area contributed by atoms with Crippen LogP contribution in [0.3, 0.4) is 0 Å². The Balaban J connectivity index is 2.84. The highest BCUT2D eigenvalue weighted by atomic mass is 16.5. The zero-order valence-corrected chi connectivity index (χ0v) is 9.83. The van der Waals surface area contributed by atoms with Crippen LogP contribution in [0.5, 0.6) is 11.5 Å². The van der Waals surface area contributed by atoms with Gasteiger partial charge in [-0.25, -0.2) is 0 Å². The van der Waals surface area contributed by atoms with E-state index in [1.807, 2.05) is 0 Å². The molecule has 1 N–H and O–H groups in total. The van der Waals surface area contributed by atoms with Gasteiger partial charge >= 0.3 is 0 Å². The van der Waals surface area contributed by atoms with E-state index in [9.17, 15) is 5.11 Å². The predicted octanol–water partition coefficient (Wildman–Crippen LogP) is 2.44. The van der Waals surface area contributed by atoms with Gasteiger partial charge in [0.25, 0.3) is 0 Å². The quantitative estimate of drug-likeness (QED) is 0.468. The smallest absolute Gasteiger partial charge is 0.128 e.